The SMILES string of the molecule is CN(C)c1ncc(O)c(-c2ccccc2)n1. The van der Waals surface area contributed by atoms with Crippen molar-refractivity contribution in [1.29, 1.82) is 0 Å². The highest BCUT2D eigenvalue weighted by Gasteiger charge is 2.08. The van der Waals surface area contributed by atoms with Crippen LogP contribution in [-0.4, -0.2) is 29.2 Å². The third-order valence-corrected chi connectivity index (χ3v) is 2.20. The van der Waals surface area contributed by atoms with E-state index in [9.17, 15) is 5.11 Å². The lowest BCUT2D eigenvalue weighted by Crippen LogP contribution is -2.12. The molecule has 2 rings (SSSR count). The summed E-state index contributed by atoms with van der Waals surface area (Å²) in [5, 5.41) is 9.73. The zero-order valence-electron chi connectivity index (χ0n) is 9.25. The van der Waals surface area contributed by atoms with Gasteiger partial charge in [0.2, 0.25) is 5.95 Å². The van der Waals surface area contributed by atoms with Gasteiger partial charge < -0.3 is 10.0 Å². The summed E-state index contributed by atoms with van der Waals surface area (Å²) >= 11 is 0. The first kappa shape index (κ1) is 10.4. The van der Waals surface area contributed by atoms with Gasteiger partial charge in [-0.1, -0.05) is 30.3 Å². The average Bonchev–Trinajstić information content (AvgIpc) is 2.30. The first-order valence-electron chi connectivity index (χ1n) is 4.97. The predicted octanol–water partition coefficient (Wildman–Crippen LogP) is 1.92. The van der Waals surface area contributed by atoms with Crippen molar-refractivity contribution in [2.45, 2.75) is 0 Å². The summed E-state index contributed by atoms with van der Waals surface area (Å²) in [7, 11) is 3.72. The summed E-state index contributed by atoms with van der Waals surface area (Å²) in [5.41, 5.74) is 1.44. The summed E-state index contributed by atoms with van der Waals surface area (Å²) in [6.07, 6.45) is 1.42. The monoisotopic (exact) mass is 215 g/mol. The molecular weight excluding hydrogens is 202 g/mol. The van der Waals surface area contributed by atoms with E-state index in [1.807, 2.05) is 44.4 Å². The minimum atomic E-state index is 0.0943. The van der Waals surface area contributed by atoms with Crippen molar-refractivity contribution >= 4 is 5.95 Å². The van der Waals surface area contributed by atoms with Gasteiger partial charge in [-0.15, -0.1) is 0 Å². The molecule has 0 bridgehead atoms. The summed E-state index contributed by atoms with van der Waals surface area (Å²) in [5.74, 6) is 0.674. The second-order valence-corrected chi connectivity index (χ2v) is 3.66. The van der Waals surface area contributed by atoms with Crippen LogP contribution in [0.15, 0.2) is 36.5 Å². The van der Waals surface area contributed by atoms with Crippen LogP contribution in [0.1, 0.15) is 0 Å². The number of rotatable bonds is 2. The Kier molecular flexibility index (Phi) is 2.72. The van der Waals surface area contributed by atoms with Gasteiger partial charge in [0, 0.05) is 19.7 Å². The fourth-order valence-corrected chi connectivity index (χ4v) is 1.39. The molecule has 2 aromatic rings. The van der Waals surface area contributed by atoms with Gasteiger partial charge in [0.05, 0.1) is 6.20 Å². The van der Waals surface area contributed by atoms with E-state index in [-0.39, 0.29) is 5.75 Å². The highest BCUT2D eigenvalue weighted by molar-refractivity contribution is 5.66. The Balaban J connectivity index is 2.52. The third kappa shape index (κ3) is 1.95. The predicted molar refractivity (Wildman–Crippen MR) is 63.5 cm³/mol. The third-order valence-electron chi connectivity index (χ3n) is 2.20. The van der Waals surface area contributed by atoms with E-state index >= 15 is 0 Å². The molecule has 1 aromatic carbocycles. The van der Waals surface area contributed by atoms with E-state index in [4.69, 9.17) is 0 Å². The summed E-state index contributed by atoms with van der Waals surface area (Å²) in [6, 6.07) is 9.55. The molecule has 0 atom stereocenters. The highest BCUT2D eigenvalue weighted by atomic mass is 16.3. The topological polar surface area (TPSA) is 49.2 Å². The fraction of sp³-hybridized carbons (Fsp3) is 0.167. The maximum absolute atomic E-state index is 9.73. The zero-order chi connectivity index (χ0) is 11.5. The molecule has 82 valence electrons. The Morgan fingerprint density at radius 3 is 2.44 bits per heavy atom. The standard InChI is InChI=1S/C12H13N3O/c1-15(2)12-13-8-10(16)11(14-12)9-6-4-3-5-7-9/h3-8,16H,1-2H3. The molecule has 0 aliphatic heterocycles. The number of hydrogen-bond donors (Lipinski definition) is 1. The summed E-state index contributed by atoms with van der Waals surface area (Å²) in [6.45, 7) is 0. The second-order valence-electron chi connectivity index (χ2n) is 3.66. The fourth-order valence-electron chi connectivity index (χ4n) is 1.39. The molecular formula is C12H13N3O. The molecule has 16 heavy (non-hydrogen) atoms. The van der Waals surface area contributed by atoms with Crippen LogP contribution in [0, 0.1) is 0 Å². The molecule has 0 aliphatic carbocycles. The molecule has 0 saturated carbocycles. The van der Waals surface area contributed by atoms with Gasteiger partial charge >= 0.3 is 0 Å². The molecule has 1 heterocycles. The number of aromatic hydroxyl groups is 1. The summed E-state index contributed by atoms with van der Waals surface area (Å²) < 4.78 is 0. The highest BCUT2D eigenvalue weighted by Crippen LogP contribution is 2.27. The van der Waals surface area contributed by atoms with Gasteiger partial charge in [-0.2, -0.15) is 0 Å². The molecule has 0 radical (unpaired) electrons. The van der Waals surface area contributed by atoms with E-state index in [0.717, 1.165) is 5.56 Å². The minimum Gasteiger partial charge on any atom is -0.504 e. The maximum atomic E-state index is 9.73. The molecule has 0 amide bonds. The minimum absolute atomic E-state index is 0.0943. The molecule has 0 fully saturated rings. The van der Waals surface area contributed by atoms with Crippen LogP contribution in [0.5, 0.6) is 5.75 Å². The van der Waals surface area contributed by atoms with Crippen LogP contribution in [0.3, 0.4) is 0 Å². The first-order valence-corrected chi connectivity index (χ1v) is 4.97. The summed E-state index contributed by atoms with van der Waals surface area (Å²) in [4.78, 5) is 10.1. The van der Waals surface area contributed by atoms with Gasteiger partial charge in [0.1, 0.15) is 5.69 Å². The van der Waals surface area contributed by atoms with Crippen molar-refractivity contribution in [3.05, 3.63) is 36.5 Å². The molecule has 0 saturated heterocycles. The number of aromatic nitrogens is 2. The number of anilines is 1. The Hall–Kier alpha value is -2.10. The van der Waals surface area contributed by atoms with Crippen LogP contribution in [-0.2, 0) is 0 Å². The Morgan fingerprint density at radius 2 is 1.81 bits per heavy atom. The van der Waals surface area contributed by atoms with Gasteiger partial charge in [0.25, 0.3) is 0 Å². The lowest BCUT2D eigenvalue weighted by Gasteiger charge is -2.11. The number of benzene rings is 1. The first-order chi connectivity index (χ1) is 7.68. The lowest BCUT2D eigenvalue weighted by atomic mass is 10.1. The van der Waals surface area contributed by atoms with Crippen LogP contribution in [0.4, 0.5) is 5.95 Å². The normalized spacial score (nSPS) is 10.1. The van der Waals surface area contributed by atoms with E-state index in [2.05, 4.69) is 9.97 Å². The zero-order valence-corrected chi connectivity index (χ0v) is 9.25. The maximum Gasteiger partial charge on any atom is 0.225 e. The molecule has 0 aliphatic rings. The molecule has 1 aromatic heterocycles. The lowest BCUT2D eigenvalue weighted by molar-refractivity contribution is 0.472. The van der Waals surface area contributed by atoms with Gasteiger partial charge in [0.15, 0.2) is 5.75 Å². The van der Waals surface area contributed by atoms with Crippen LogP contribution < -0.4 is 4.90 Å². The Labute approximate surface area is 94.2 Å². The van der Waals surface area contributed by atoms with Crippen molar-refractivity contribution in [3.63, 3.8) is 0 Å². The van der Waals surface area contributed by atoms with Crippen molar-refractivity contribution < 1.29 is 5.11 Å². The van der Waals surface area contributed by atoms with Crippen molar-refractivity contribution in [3.8, 4) is 17.0 Å². The van der Waals surface area contributed by atoms with Crippen LogP contribution >= 0.6 is 0 Å². The van der Waals surface area contributed by atoms with E-state index < -0.39 is 0 Å². The largest absolute Gasteiger partial charge is 0.504 e. The van der Waals surface area contributed by atoms with Crippen molar-refractivity contribution in [2.75, 3.05) is 19.0 Å². The van der Waals surface area contributed by atoms with E-state index in [1.54, 1.807) is 4.90 Å². The second kappa shape index (κ2) is 4.18. The van der Waals surface area contributed by atoms with E-state index in [1.165, 1.54) is 6.20 Å². The average molecular weight is 215 g/mol. The Bertz CT molecular complexity index is 483. The van der Waals surface area contributed by atoms with E-state index in [0.29, 0.717) is 11.6 Å². The Morgan fingerprint density at radius 1 is 1.12 bits per heavy atom. The van der Waals surface area contributed by atoms with Gasteiger partial charge in [-0.3, -0.25) is 0 Å². The van der Waals surface area contributed by atoms with Crippen LogP contribution in [0.2, 0.25) is 0 Å². The van der Waals surface area contributed by atoms with Crippen molar-refractivity contribution in [2.24, 2.45) is 0 Å². The quantitative estimate of drug-likeness (QED) is 0.831. The number of nitrogens with zero attached hydrogens (tertiary/aromatic N) is 3. The molecule has 0 spiro atoms. The number of hydrogen-bond acceptors (Lipinski definition) is 4. The van der Waals surface area contributed by atoms with Gasteiger partial charge in [-0.25, -0.2) is 9.97 Å². The molecule has 0 unspecified atom stereocenters. The van der Waals surface area contributed by atoms with Crippen molar-refractivity contribution in [1.82, 2.24) is 9.97 Å². The van der Waals surface area contributed by atoms with Crippen LogP contribution in [0.25, 0.3) is 11.3 Å². The molecule has 4 heteroatoms. The smallest absolute Gasteiger partial charge is 0.225 e. The molecule has 4 nitrogen and oxygen atoms in total. The molecule has 1 N–H and O–H groups in total. The van der Waals surface area contributed by atoms with Gasteiger partial charge in [-0.05, 0) is 0 Å².